The summed E-state index contributed by atoms with van der Waals surface area (Å²) in [6.45, 7) is 3.79. The fourth-order valence-electron chi connectivity index (χ4n) is 4.80. The van der Waals surface area contributed by atoms with Crippen LogP contribution in [0.25, 0.3) is 0 Å². The monoisotopic (exact) mass is 695 g/mol. The summed E-state index contributed by atoms with van der Waals surface area (Å²) in [5, 5.41) is 3.35. The predicted octanol–water partition coefficient (Wildman–Crippen LogP) is 6.77. The second-order valence-electron chi connectivity index (χ2n) is 10.4. The highest BCUT2D eigenvalue weighted by Crippen LogP contribution is 2.28. The molecule has 4 aromatic carbocycles. The zero-order valence-electron chi connectivity index (χ0n) is 24.6. The van der Waals surface area contributed by atoms with Gasteiger partial charge in [-0.15, -0.1) is 0 Å². The van der Waals surface area contributed by atoms with E-state index >= 15 is 0 Å². The summed E-state index contributed by atoms with van der Waals surface area (Å²) in [4.78, 5) is 29.7. The van der Waals surface area contributed by atoms with E-state index in [9.17, 15) is 18.0 Å². The molecule has 0 bridgehead atoms. The first-order valence-corrected chi connectivity index (χ1v) is 16.9. The first kappa shape index (κ1) is 33.2. The summed E-state index contributed by atoms with van der Waals surface area (Å²) in [6.07, 6.45) is 0.984. The smallest absolute Gasteiger partial charge is 0.264 e. The molecule has 0 saturated heterocycles. The van der Waals surface area contributed by atoms with E-state index in [0.29, 0.717) is 22.8 Å². The normalized spacial score (nSPS) is 11.9. The van der Waals surface area contributed by atoms with Gasteiger partial charge in [0.1, 0.15) is 12.6 Å². The Hall–Kier alpha value is -3.66. The maximum atomic E-state index is 14.5. The van der Waals surface area contributed by atoms with Gasteiger partial charge < -0.3 is 10.2 Å². The Kier molecular flexibility index (Phi) is 11.6. The van der Waals surface area contributed by atoms with Crippen LogP contribution in [0.15, 0.2) is 112 Å². The van der Waals surface area contributed by atoms with E-state index in [1.54, 1.807) is 25.1 Å². The van der Waals surface area contributed by atoms with Gasteiger partial charge in [-0.05, 0) is 72.5 Å². The minimum absolute atomic E-state index is 0.000984. The van der Waals surface area contributed by atoms with Crippen molar-refractivity contribution in [3.05, 3.63) is 129 Å². The Balaban J connectivity index is 1.80. The molecule has 4 aromatic rings. The van der Waals surface area contributed by atoms with E-state index in [4.69, 9.17) is 11.6 Å². The zero-order valence-corrected chi connectivity index (χ0v) is 27.8. The summed E-state index contributed by atoms with van der Waals surface area (Å²) in [5.74, 6) is -0.814. The Bertz CT molecular complexity index is 1670. The molecule has 0 radical (unpaired) electrons. The molecule has 0 heterocycles. The molecule has 230 valence electrons. The molecule has 7 nitrogen and oxygen atoms in total. The van der Waals surface area contributed by atoms with Crippen molar-refractivity contribution in [1.29, 1.82) is 0 Å². The van der Waals surface area contributed by atoms with Crippen molar-refractivity contribution in [3.8, 4) is 0 Å². The fraction of sp³-hybridized carbons (Fsp3) is 0.235. The number of carbonyl (C=O) groups excluding carboxylic acids is 2. The summed E-state index contributed by atoms with van der Waals surface area (Å²) < 4.78 is 30.2. The molecule has 10 heteroatoms. The van der Waals surface area contributed by atoms with E-state index in [0.717, 1.165) is 26.3 Å². The van der Waals surface area contributed by atoms with Gasteiger partial charge in [0.2, 0.25) is 11.8 Å². The van der Waals surface area contributed by atoms with Crippen LogP contribution in [0.4, 0.5) is 5.69 Å². The van der Waals surface area contributed by atoms with E-state index in [1.165, 1.54) is 29.2 Å². The highest BCUT2D eigenvalue weighted by Gasteiger charge is 2.35. The average molecular weight is 697 g/mol. The van der Waals surface area contributed by atoms with Crippen LogP contribution in [0.1, 0.15) is 30.0 Å². The van der Waals surface area contributed by atoms with Gasteiger partial charge in [-0.1, -0.05) is 95.1 Å². The van der Waals surface area contributed by atoms with Gasteiger partial charge in [0.25, 0.3) is 10.0 Å². The van der Waals surface area contributed by atoms with Crippen molar-refractivity contribution >= 4 is 55.1 Å². The number of hydrogen-bond donors (Lipinski definition) is 1. The molecular weight excluding hydrogens is 662 g/mol. The third-order valence-corrected chi connectivity index (χ3v) is 9.71. The summed E-state index contributed by atoms with van der Waals surface area (Å²) in [7, 11) is -4.20. The second-order valence-corrected chi connectivity index (χ2v) is 13.6. The summed E-state index contributed by atoms with van der Waals surface area (Å²) in [5.41, 5.74) is 2.72. The topological polar surface area (TPSA) is 86.8 Å². The minimum Gasteiger partial charge on any atom is -0.354 e. The molecule has 0 aliphatic rings. The standard InChI is InChI=1S/C34H35BrClN3O4S/c1-3-21-37-34(41)32(22-26-10-5-4-6-11-26)38(23-27-13-15-28(35)16-14-27)33(40)24-39(31-12-8-7-9-25(31)2)44(42,43)30-19-17-29(36)18-20-30/h4-20,32H,3,21-24H2,1-2H3,(H,37,41)/t32-/m0/s1. The average Bonchev–Trinajstić information content (AvgIpc) is 3.02. The lowest BCUT2D eigenvalue weighted by Gasteiger charge is -2.34. The third kappa shape index (κ3) is 8.49. The van der Waals surface area contributed by atoms with Crippen LogP contribution in [-0.2, 0) is 32.6 Å². The molecule has 1 atom stereocenters. The largest absolute Gasteiger partial charge is 0.354 e. The highest BCUT2D eigenvalue weighted by molar-refractivity contribution is 9.10. The SMILES string of the molecule is CCCNC(=O)[C@H](Cc1ccccc1)N(Cc1ccc(Br)cc1)C(=O)CN(c1ccccc1C)S(=O)(=O)c1ccc(Cl)cc1. The molecule has 0 aromatic heterocycles. The van der Waals surface area contributed by atoms with Crippen LogP contribution in [0.2, 0.25) is 5.02 Å². The third-order valence-electron chi connectivity index (χ3n) is 7.15. The van der Waals surface area contributed by atoms with Gasteiger partial charge in [-0.25, -0.2) is 8.42 Å². The molecule has 0 saturated carbocycles. The molecule has 0 fully saturated rings. The Morgan fingerprint density at radius 2 is 1.50 bits per heavy atom. The van der Waals surface area contributed by atoms with Gasteiger partial charge >= 0.3 is 0 Å². The van der Waals surface area contributed by atoms with Gasteiger partial charge in [-0.2, -0.15) is 0 Å². The number of carbonyl (C=O) groups is 2. The Morgan fingerprint density at radius 1 is 0.864 bits per heavy atom. The second kappa shape index (κ2) is 15.4. The van der Waals surface area contributed by atoms with Crippen LogP contribution < -0.4 is 9.62 Å². The van der Waals surface area contributed by atoms with Crippen molar-refractivity contribution in [2.45, 2.75) is 44.2 Å². The Morgan fingerprint density at radius 3 is 2.14 bits per heavy atom. The van der Waals surface area contributed by atoms with Crippen molar-refractivity contribution in [3.63, 3.8) is 0 Å². The Labute approximate surface area is 273 Å². The number of aryl methyl sites for hydroxylation is 1. The lowest BCUT2D eigenvalue weighted by Crippen LogP contribution is -2.53. The number of nitrogens with one attached hydrogen (secondary N) is 1. The van der Waals surface area contributed by atoms with Crippen molar-refractivity contribution in [1.82, 2.24) is 10.2 Å². The summed E-state index contributed by atoms with van der Waals surface area (Å²) in [6, 6.07) is 28.9. The number of para-hydroxylation sites is 1. The number of hydrogen-bond acceptors (Lipinski definition) is 4. The van der Waals surface area contributed by atoms with E-state index < -0.39 is 28.5 Å². The number of benzene rings is 4. The number of sulfonamides is 1. The maximum Gasteiger partial charge on any atom is 0.264 e. The van der Waals surface area contributed by atoms with E-state index in [1.807, 2.05) is 67.6 Å². The van der Waals surface area contributed by atoms with E-state index in [2.05, 4.69) is 21.2 Å². The van der Waals surface area contributed by atoms with Crippen LogP contribution in [0, 0.1) is 6.92 Å². The van der Waals surface area contributed by atoms with E-state index in [-0.39, 0.29) is 23.8 Å². The van der Waals surface area contributed by atoms with Crippen LogP contribution in [-0.4, -0.2) is 44.3 Å². The molecule has 2 amide bonds. The molecule has 44 heavy (non-hydrogen) atoms. The fourth-order valence-corrected chi connectivity index (χ4v) is 6.67. The zero-order chi connectivity index (χ0) is 31.7. The predicted molar refractivity (Wildman–Crippen MR) is 179 cm³/mol. The molecule has 4 rings (SSSR count). The lowest BCUT2D eigenvalue weighted by atomic mass is 10.0. The van der Waals surface area contributed by atoms with Crippen LogP contribution in [0.3, 0.4) is 0 Å². The van der Waals surface area contributed by atoms with Gasteiger partial charge in [-0.3, -0.25) is 13.9 Å². The molecular formula is C34H35BrClN3O4S. The van der Waals surface area contributed by atoms with Crippen LogP contribution in [0.5, 0.6) is 0 Å². The number of anilines is 1. The molecule has 1 N–H and O–H groups in total. The van der Waals surface area contributed by atoms with Crippen molar-refractivity contribution in [2.75, 3.05) is 17.4 Å². The molecule has 0 aliphatic carbocycles. The van der Waals surface area contributed by atoms with Gasteiger partial charge in [0, 0.05) is 29.0 Å². The maximum absolute atomic E-state index is 14.5. The lowest BCUT2D eigenvalue weighted by molar-refractivity contribution is -0.140. The minimum atomic E-state index is -4.20. The van der Waals surface area contributed by atoms with Crippen LogP contribution >= 0.6 is 27.5 Å². The number of nitrogens with zero attached hydrogens (tertiary/aromatic N) is 2. The number of halogens is 2. The quantitative estimate of drug-likeness (QED) is 0.167. The van der Waals surface area contributed by atoms with Gasteiger partial charge in [0.05, 0.1) is 10.6 Å². The molecule has 0 aliphatic heterocycles. The first-order chi connectivity index (χ1) is 21.1. The first-order valence-electron chi connectivity index (χ1n) is 14.3. The molecule has 0 spiro atoms. The van der Waals surface area contributed by atoms with Crippen molar-refractivity contribution in [2.24, 2.45) is 0 Å². The number of rotatable bonds is 13. The highest BCUT2D eigenvalue weighted by atomic mass is 79.9. The van der Waals surface area contributed by atoms with Crippen molar-refractivity contribution < 1.29 is 18.0 Å². The van der Waals surface area contributed by atoms with Gasteiger partial charge in [0.15, 0.2) is 0 Å². The summed E-state index contributed by atoms with van der Waals surface area (Å²) >= 11 is 9.51. The number of amides is 2. The molecule has 0 unspecified atom stereocenters.